The van der Waals surface area contributed by atoms with Crippen LogP contribution in [0.3, 0.4) is 0 Å². The average molecular weight is 349 g/mol. The predicted octanol–water partition coefficient (Wildman–Crippen LogP) is 4.63. The Hall–Kier alpha value is -2.66. The van der Waals surface area contributed by atoms with E-state index in [9.17, 15) is 0 Å². The molecule has 1 saturated heterocycles. The minimum absolute atomic E-state index is 0.0115. The highest BCUT2D eigenvalue weighted by molar-refractivity contribution is 5.80. The Kier molecular flexibility index (Phi) is 4.71. The standard InChI is InChI=1S/C21H23N3O2/c1-15-13-17(10-11-22-15)19-14-24(20-5-3-4-12-26-20)23-21(19)16-6-8-18(25-2)9-7-16/h6-11,13-14,20H,3-5,12H2,1-2H3. The lowest BCUT2D eigenvalue weighted by Gasteiger charge is -2.22. The van der Waals surface area contributed by atoms with Crippen LogP contribution in [0.25, 0.3) is 22.4 Å². The van der Waals surface area contributed by atoms with Crippen LogP contribution in [-0.4, -0.2) is 28.5 Å². The molecule has 4 rings (SSSR count). The first-order valence-electron chi connectivity index (χ1n) is 9.03. The molecule has 0 radical (unpaired) electrons. The summed E-state index contributed by atoms with van der Waals surface area (Å²) in [7, 11) is 1.68. The summed E-state index contributed by atoms with van der Waals surface area (Å²) < 4.78 is 13.2. The molecule has 1 aliphatic heterocycles. The van der Waals surface area contributed by atoms with Crippen molar-refractivity contribution in [2.75, 3.05) is 13.7 Å². The zero-order valence-corrected chi connectivity index (χ0v) is 15.2. The van der Waals surface area contributed by atoms with E-state index in [-0.39, 0.29) is 6.23 Å². The summed E-state index contributed by atoms with van der Waals surface area (Å²) in [6.45, 7) is 2.80. The molecule has 0 saturated carbocycles. The number of aromatic nitrogens is 3. The zero-order chi connectivity index (χ0) is 17.9. The lowest BCUT2D eigenvalue weighted by molar-refractivity contribution is -0.0393. The van der Waals surface area contributed by atoms with Gasteiger partial charge in [0.2, 0.25) is 0 Å². The van der Waals surface area contributed by atoms with Gasteiger partial charge >= 0.3 is 0 Å². The summed E-state index contributed by atoms with van der Waals surface area (Å²) in [4.78, 5) is 4.32. The summed E-state index contributed by atoms with van der Waals surface area (Å²) in [5.74, 6) is 0.838. The largest absolute Gasteiger partial charge is 0.497 e. The van der Waals surface area contributed by atoms with Crippen molar-refractivity contribution in [1.29, 1.82) is 0 Å². The Morgan fingerprint density at radius 1 is 1.12 bits per heavy atom. The highest BCUT2D eigenvalue weighted by Gasteiger charge is 2.21. The van der Waals surface area contributed by atoms with Gasteiger partial charge in [-0.1, -0.05) is 0 Å². The van der Waals surface area contributed by atoms with Crippen LogP contribution >= 0.6 is 0 Å². The molecule has 134 valence electrons. The van der Waals surface area contributed by atoms with Crippen molar-refractivity contribution >= 4 is 0 Å². The molecule has 0 N–H and O–H groups in total. The molecule has 0 amide bonds. The quantitative estimate of drug-likeness (QED) is 0.689. The number of rotatable bonds is 4. The van der Waals surface area contributed by atoms with Crippen molar-refractivity contribution in [3.8, 4) is 28.1 Å². The lowest BCUT2D eigenvalue weighted by Crippen LogP contribution is -2.18. The summed E-state index contributed by atoms with van der Waals surface area (Å²) in [5.41, 5.74) is 5.21. The minimum atomic E-state index is 0.0115. The van der Waals surface area contributed by atoms with Gasteiger partial charge in [0.25, 0.3) is 0 Å². The van der Waals surface area contributed by atoms with E-state index in [1.807, 2.05) is 48.1 Å². The molecule has 0 spiro atoms. The average Bonchev–Trinajstić information content (AvgIpc) is 3.14. The van der Waals surface area contributed by atoms with E-state index in [4.69, 9.17) is 14.6 Å². The van der Waals surface area contributed by atoms with Gasteiger partial charge in [0.05, 0.1) is 7.11 Å². The normalized spacial score (nSPS) is 17.2. The fourth-order valence-electron chi connectivity index (χ4n) is 3.36. The minimum Gasteiger partial charge on any atom is -0.497 e. The number of aryl methyl sites for hydroxylation is 1. The molecule has 2 aromatic heterocycles. The van der Waals surface area contributed by atoms with Gasteiger partial charge in [0, 0.05) is 35.8 Å². The lowest BCUT2D eigenvalue weighted by atomic mass is 10.0. The van der Waals surface area contributed by atoms with Crippen molar-refractivity contribution in [1.82, 2.24) is 14.8 Å². The third-order valence-corrected chi connectivity index (χ3v) is 4.75. The summed E-state index contributed by atoms with van der Waals surface area (Å²) in [6.07, 6.45) is 7.25. The number of hydrogen-bond donors (Lipinski definition) is 0. The van der Waals surface area contributed by atoms with Crippen molar-refractivity contribution in [2.24, 2.45) is 0 Å². The molecule has 0 bridgehead atoms. The van der Waals surface area contributed by atoms with Crippen LogP contribution in [0.2, 0.25) is 0 Å². The smallest absolute Gasteiger partial charge is 0.150 e. The zero-order valence-electron chi connectivity index (χ0n) is 15.2. The molecule has 0 aliphatic carbocycles. The SMILES string of the molecule is COc1ccc(-c2nn(C3CCCCO3)cc2-c2ccnc(C)c2)cc1. The molecular formula is C21H23N3O2. The number of hydrogen-bond acceptors (Lipinski definition) is 4. The Balaban J connectivity index is 1.80. The number of pyridine rings is 1. The van der Waals surface area contributed by atoms with Crippen LogP contribution in [0.15, 0.2) is 48.8 Å². The van der Waals surface area contributed by atoms with Crippen molar-refractivity contribution in [2.45, 2.75) is 32.4 Å². The molecule has 5 nitrogen and oxygen atoms in total. The monoisotopic (exact) mass is 349 g/mol. The number of benzene rings is 1. The third kappa shape index (κ3) is 3.35. The van der Waals surface area contributed by atoms with Gasteiger partial charge in [-0.25, -0.2) is 4.68 Å². The second-order valence-corrected chi connectivity index (χ2v) is 6.61. The second kappa shape index (κ2) is 7.30. The maximum Gasteiger partial charge on any atom is 0.150 e. The second-order valence-electron chi connectivity index (χ2n) is 6.61. The molecule has 26 heavy (non-hydrogen) atoms. The summed E-state index contributed by atoms with van der Waals surface area (Å²) in [5, 5.41) is 4.90. The molecule has 1 aromatic carbocycles. The van der Waals surface area contributed by atoms with E-state index < -0.39 is 0 Å². The van der Waals surface area contributed by atoms with Crippen LogP contribution in [0.5, 0.6) is 5.75 Å². The Labute approximate surface area is 153 Å². The molecule has 1 atom stereocenters. The Bertz CT molecular complexity index is 881. The van der Waals surface area contributed by atoms with E-state index in [1.54, 1.807) is 7.11 Å². The van der Waals surface area contributed by atoms with E-state index >= 15 is 0 Å². The van der Waals surface area contributed by atoms with Gasteiger partial charge in [-0.05, 0) is 68.1 Å². The highest BCUT2D eigenvalue weighted by Crippen LogP contribution is 2.34. The maximum absolute atomic E-state index is 5.93. The topological polar surface area (TPSA) is 49.2 Å². The molecule has 3 heterocycles. The predicted molar refractivity (Wildman–Crippen MR) is 101 cm³/mol. The van der Waals surface area contributed by atoms with E-state index in [2.05, 4.69) is 17.2 Å². The molecule has 5 heteroatoms. The fourth-order valence-corrected chi connectivity index (χ4v) is 3.36. The van der Waals surface area contributed by atoms with Crippen molar-refractivity contribution < 1.29 is 9.47 Å². The fraction of sp³-hybridized carbons (Fsp3) is 0.333. The van der Waals surface area contributed by atoms with Gasteiger partial charge in [-0.15, -0.1) is 0 Å². The molecular weight excluding hydrogens is 326 g/mol. The first-order valence-corrected chi connectivity index (χ1v) is 9.03. The van der Waals surface area contributed by atoms with Crippen LogP contribution in [-0.2, 0) is 4.74 Å². The molecule has 1 fully saturated rings. The summed E-state index contributed by atoms with van der Waals surface area (Å²) in [6, 6.07) is 12.1. The van der Waals surface area contributed by atoms with Crippen LogP contribution in [0, 0.1) is 6.92 Å². The van der Waals surface area contributed by atoms with E-state index in [1.165, 1.54) is 6.42 Å². The first-order chi connectivity index (χ1) is 12.7. The van der Waals surface area contributed by atoms with Crippen LogP contribution < -0.4 is 4.74 Å². The van der Waals surface area contributed by atoms with Gasteiger partial charge < -0.3 is 9.47 Å². The van der Waals surface area contributed by atoms with Crippen molar-refractivity contribution in [3.05, 3.63) is 54.5 Å². The summed E-state index contributed by atoms with van der Waals surface area (Å²) >= 11 is 0. The van der Waals surface area contributed by atoms with Gasteiger partial charge in [0.15, 0.2) is 0 Å². The van der Waals surface area contributed by atoms with Crippen LogP contribution in [0.4, 0.5) is 0 Å². The van der Waals surface area contributed by atoms with Gasteiger partial charge in [0.1, 0.15) is 17.7 Å². The first kappa shape index (κ1) is 16.8. The Morgan fingerprint density at radius 3 is 2.65 bits per heavy atom. The Morgan fingerprint density at radius 2 is 1.96 bits per heavy atom. The maximum atomic E-state index is 5.93. The number of nitrogens with zero attached hydrogens (tertiary/aromatic N) is 3. The van der Waals surface area contributed by atoms with E-state index in [0.29, 0.717) is 0 Å². The number of ether oxygens (including phenoxy) is 2. The number of methoxy groups -OCH3 is 1. The molecule has 1 unspecified atom stereocenters. The van der Waals surface area contributed by atoms with Gasteiger partial charge in [-0.3, -0.25) is 4.98 Å². The van der Waals surface area contributed by atoms with Gasteiger partial charge in [-0.2, -0.15) is 5.10 Å². The third-order valence-electron chi connectivity index (χ3n) is 4.75. The molecule has 3 aromatic rings. The highest BCUT2D eigenvalue weighted by atomic mass is 16.5. The van der Waals surface area contributed by atoms with Crippen molar-refractivity contribution in [3.63, 3.8) is 0 Å². The molecule has 1 aliphatic rings. The van der Waals surface area contributed by atoms with Crippen LogP contribution in [0.1, 0.15) is 31.2 Å². The van der Waals surface area contributed by atoms with E-state index in [0.717, 1.165) is 53.3 Å².